The van der Waals surface area contributed by atoms with Gasteiger partial charge in [0.15, 0.2) is 0 Å². The Morgan fingerprint density at radius 3 is 2.88 bits per heavy atom. The van der Waals surface area contributed by atoms with Crippen LogP contribution in [0.3, 0.4) is 0 Å². The van der Waals surface area contributed by atoms with Crippen LogP contribution in [0.25, 0.3) is 0 Å². The summed E-state index contributed by atoms with van der Waals surface area (Å²) in [5.41, 5.74) is 1.15. The second kappa shape index (κ2) is 5.99. The Morgan fingerprint density at radius 2 is 2.12 bits per heavy atom. The predicted octanol–water partition coefficient (Wildman–Crippen LogP) is 1.74. The van der Waals surface area contributed by atoms with E-state index in [1.54, 1.807) is 0 Å². The molecule has 0 saturated carbocycles. The van der Waals surface area contributed by atoms with Gasteiger partial charge in [0.25, 0.3) is 0 Å². The van der Waals surface area contributed by atoms with Gasteiger partial charge in [-0.3, -0.25) is 0 Å². The van der Waals surface area contributed by atoms with Gasteiger partial charge in [0.05, 0.1) is 19.3 Å². The molecule has 88 valence electrons. The highest BCUT2D eigenvalue weighted by Crippen LogP contribution is 2.14. The molecule has 0 bridgehead atoms. The first-order valence-electron chi connectivity index (χ1n) is 5.77. The van der Waals surface area contributed by atoms with Gasteiger partial charge in [-0.15, -0.1) is 0 Å². The fraction of sp³-hybridized carbons (Fsp3) is 0.538. The first kappa shape index (κ1) is 11.6. The maximum Gasteiger partial charge on any atom is 0.107 e. The summed E-state index contributed by atoms with van der Waals surface area (Å²) >= 11 is 0. The summed E-state index contributed by atoms with van der Waals surface area (Å²) in [5.74, 6) is 0. The molecule has 1 fully saturated rings. The van der Waals surface area contributed by atoms with Crippen molar-refractivity contribution in [3.63, 3.8) is 0 Å². The molecule has 2 rings (SSSR count). The van der Waals surface area contributed by atoms with Gasteiger partial charge < -0.3 is 14.6 Å². The van der Waals surface area contributed by atoms with Crippen molar-refractivity contribution in [1.82, 2.24) is 0 Å². The smallest absolute Gasteiger partial charge is 0.107 e. The van der Waals surface area contributed by atoms with E-state index >= 15 is 0 Å². The maximum absolute atomic E-state index is 9.66. The van der Waals surface area contributed by atoms with Crippen LogP contribution in [0, 0.1) is 0 Å². The monoisotopic (exact) mass is 222 g/mol. The van der Waals surface area contributed by atoms with Crippen molar-refractivity contribution in [1.29, 1.82) is 0 Å². The number of hydrogen-bond donors (Lipinski definition) is 1. The number of rotatable bonds is 4. The lowest BCUT2D eigenvalue weighted by molar-refractivity contribution is -0.109. The van der Waals surface area contributed by atoms with Crippen molar-refractivity contribution in [2.24, 2.45) is 0 Å². The Morgan fingerprint density at radius 1 is 1.31 bits per heavy atom. The number of hydrogen-bond acceptors (Lipinski definition) is 3. The van der Waals surface area contributed by atoms with Gasteiger partial charge in [0.2, 0.25) is 0 Å². The lowest BCUT2D eigenvalue weighted by Crippen LogP contribution is -2.37. The van der Waals surface area contributed by atoms with Gasteiger partial charge >= 0.3 is 0 Å². The molecule has 16 heavy (non-hydrogen) atoms. The molecule has 1 N–H and O–H groups in total. The zero-order chi connectivity index (χ0) is 11.2. The Balaban J connectivity index is 1.71. The molecule has 0 unspecified atom stereocenters. The van der Waals surface area contributed by atoms with E-state index in [9.17, 15) is 5.11 Å². The molecule has 0 aliphatic carbocycles. The molecule has 3 nitrogen and oxygen atoms in total. The highest BCUT2D eigenvalue weighted by atomic mass is 16.5. The van der Waals surface area contributed by atoms with Gasteiger partial charge in [-0.2, -0.15) is 0 Å². The minimum absolute atomic E-state index is 0.155. The van der Waals surface area contributed by atoms with E-state index in [1.807, 2.05) is 30.3 Å². The van der Waals surface area contributed by atoms with E-state index in [1.165, 1.54) is 0 Å². The molecule has 1 aliphatic heterocycles. The van der Waals surface area contributed by atoms with E-state index in [2.05, 4.69) is 0 Å². The van der Waals surface area contributed by atoms with Crippen LogP contribution in [0.4, 0.5) is 0 Å². The van der Waals surface area contributed by atoms with Crippen LogP contribution in [0.1, 0.15) is 18.4 Å². The molecule has 1 heterocycles. The van der Waals surface area contributed by atoms with Gasteiger partial charge in [-0.05, 0) is 18.4 Å². The summed E-state index contributed by atoms with van der Waals surface area (Å²) < 4.78 is 11.0. The summed E-state index contributed by atoms with van der Waals surface area (Å²) in [5, 5.41) is 9.66. The molecule has 0 spiro atoms. The van der Waals surface area contributed by atoms with Crippen molar-refractivity contribution in [2.45, 2.75) is 31.7 Å². The Bertz CT molecular complexity index is 299. The highest BCUT2D eigenvalue weighted by Gasteiger charge is 2.23. The molecule has 1 aromatic rings. The fourth-order valence-corrected chi connectivity index (χ4v) is 1.85. The van der Waals surface area contributed by atoms with Crippen LogP contribution in [0.2, 0.25) is 0 Å². The zero-order valence-electron chi connectivity index (χ0n) is 9.34. The Kier molecular flexibility index (Phi) is 4.34. The molecule has 1 saturated heterocycles. The SMILES string of the molecule is O[C@H]1CCCO[C@@H]1COCc1ccccc1. The second-order valence-corrected chi connectivity index (χ2v) is 4.12. The number of benzene rings is 1. The molecule has 1 aliphatic rings. The minimum atomic E-state index is -0.371. The average molecular weight is 222 g/mol. The summed E-state index contributed by atoms with van der Waals surface area (Å²) in [6.07, 6.45) is 1.23. The summed E-state index contributed by atoms with van der Waals surface area (Å²) in [6, 6.07) is 10.0. The Hall–Kier alpha value is -0.900. The van der Waals surface area contributed by atoms with Gasteiger partial charge in [0.1, 0.15) is 6.10 Å². The molecular formula is C13H18O3. The van der Waals surface area contributed by atoms with Crippen LogP contribution < -0.4 is 0 Å². The largest absolute Gasteiger partial charge is 0.390 e. The van der Waals surface area contributed by atoms with E-state index < -0.39 is 0 Å². The van der Waals surface area contributed by atoms with Gasteiger partial charge in [-0.25, -0.2) is 0 Å². The van der Waals surface area contributed by atoms with Crippen LogP contribution >= 0.6 is 0 Å². The number of aliphatic hydroxyl groups is 1. The van der Waals surface area contributed by atoms with Crippen LogP contribution in [-0.2, 0) is 16.1 Å². The topological polar surface area (TPSA) is 38.7 Å². The molecule has 1 aromatic carbocycles. The number of ether oxygens (including phenoxy) is 2. The Labute approximate surface area is 96.0 Å². The van der Waals surface area contributed by atoms with Gasteiger partial charge in [0, 0.05) is 6.61 Å². The lowest BCUT2D eigenvalue weighted by Gasteiger charge is -2.27. The summed E-state index contributed by atoms with van der Waals surface area (Å²) in [6.45, 7) is 1.78. The molecule has 3 heteroatoms. The van der Waals surface area contributed by atoms with Gasteiger partial charge in [-0.1, -0.05) is 30.3 Å². The van der Waals surface area contributed by atoms with Crippen molar-refractivity contribution in [3.05, 3.63) is 35.9 Å². The number of aliphatic hydroxyl groups excluding tert-OH is 1. The fourth-order valence-electron chi connectivity index (χ4n) is 1.85. The van der Waals surface area contributed by atoms with Crippen LogP contribution in [0.5, 0.6) is 0 Å². The van der Waals surface area contributed by atoms with Crippen molar-refractivity contribution >= 4 is 0 Å². The lowest BCUT2D eigenvalue weighted by atomic mass is 10.1. The highest BCUT2D eigenvalue weighted by molar-refractivity contribution is 5.13. The van der Waals surface area contributed by atoms with E-state index in [0.29, 0.717) is 13.2 Å². The minimum Gasteiger partial charge on any atom is -0.390 e. The van der Waals surface area contributed by atoms with Crippen molar-refractivity contribution < 1.29 is 14.6 Å². The predicted molar refractivity (Wildman–Crippen MR) is 61.1 cm³/mol. The van der Waals surface area contributed by atoms with Crippen LogP contribution in [-0.4, -0.2) is 30.5 Å². The summed E-state index contributed by atoms with van der Waals surface area (Å²) in [7, 11) is 0. The molecular weight excluding hydrogens is 204 g/mol. The second-order valence-electron chi connectivity index (χ2n) is 4.12. The normalized spacial score (nSPS) is 25.6. The average Bonchev–Trinajstić information content (AvgIpc) is 2.33. The third-order valence-corrected chi connectivity index (χ3v) is 2.80. The van der Waals surface area contributed by atoms with Crippen LogP contribution in [0.15, 0.2) is 30.3 Å². The molecule has 2 atom stereocenters. The van der Waals surface area contributed by atoms with Crippen molar-refractivity contribution in [2.75, 3.05) is 13.2 Å². The molecule has 0 aromatic heterocycles. The molecule has 0 radical (unpaired) electrons. The standard InChI is InChI=1S/C13H18O3/c14-12-7-4-8-16-13(12)10-15-9-11-5-2-1-3-6-11/h1-3,5-6,12-14H,4,7-10H2/t12-,13+/m0/s1. The quantitative estimate of drug-likeness (QED) is 0.843. The first-order chi connectivity index (χ1) is 7.86. The summed E-state index contributed by atoms with van der Waals surface area (Å²) in [4.78, 5) is 0. The van der Waals surface area contributed by atoms with E-state index in [-0.39, 0.29) is 12.2 Å². The van der Waals surface area contributed by atoms with E-state index in [4.69, 9.17) is 9.47 Å². The maximum atomic E-state index is 9.66. The zero-order valence-corrected chi connectivity index (χ0v) is 9.34. The third-order valence-electron chi connectivity index (χ3n) is 2.80. The van der Waals surface area contributed by atoms with Crippen molar-refractivity contribution in [3.8, 4) is 0 Å². The molecule has 0 amide bonds. The van der Waals surface area contributed by atoms with E-state index in [0.717, 1.165) is 25.0 Å². The first-order valence-corrected chi connectivity index (χ1v) is 5.77. The third kappa shape index (κ3) is 3.30.